The number of nitrogens with zero attached hydrogens (tertiary/aromatic N) is 3. The minimum atomic E-state index is -0.182. The molecule has 2 saturated heterocycles. The van der Waals surface area contributed by atoms with Gasteiger partial charge in [0.25, 0.3) is 0 Å². The van der Waals surface area contributed by atoms with Crippen LogP contribution in [0, 0.1) is 29.0 Å². The van der Waals surface area contributed by atoms with Gasteiger partial charge in [0, 0.05) is 44.2 Å². The monoisotopic (exact) mass is 438 g/mol. The molecule has 1 aromatic heterocycles. The van der Waals surface area contributed by atoms with Crippen LogP contribution in [0.15, 0.2) is 18.2 Å². The van der Waals surface area contributed by atoms with Crippen molar-refractivity contribution in [3.63, 3.8) is 0 Å². The van der Waals surface area contributed by atoms with Crippen molar-refractivity contribution in [3.8, 4) is 0 Å². The van der Waals surface area contributed by atoms with Crippen LogP contribution in [-0.4, -0.2) is 47.2 Å². The van der Waals surface area contributed by atoms with Crippen LogP contribution in [0.3, 0.4) is 0 Å². The molecular formula is C27H39FN4. The standard InChI is InChI=1S/C27H39FN4/c1-27(2)20-6-5-19(23(27)14-20)17-31-12-9-22(10-13-31)32-25-8-7-21(28)15-24(25)30-26(32)18-4-3-11-29-16-18/h7-8,15,18-20,22-23,29H,3-6,9-14,16-17H2,1-2H3/t18?,19-,20-,23-/m0/s1. The van der Waals surface area contributed by atoms with Gasteiger partial charge in [0.2, 0.25) is 0 Å². The summed E-state index contributed by atoms with van der Waals surface area (Å²) in [5, 5.41) is 3.55. The Bertz CT molecular complexity index is 965. The molecule has 3 saturated carbocycles. The molecule has 7 rings (SSSR count). The lowest BCUT2D eigenvalue weighted by Gasteiger charge is -2.61. The molecule has 174 valence electrons. The summed E-state index contributed by atoms with van der Waals surface area (Å²) < 4.78 is 16.5. The third kappa shape index (κ3) is 3.51. The highest BCUT2D eigenvalue weighted by Crippen LogP contribution is 2.61. The van der Waals surface area contributed by atoms with E-state index in [1.54, 1.807) is 12.1 Å². The average Bonchev–Trinajstić information content (AvgIpc) is 3.18. The average molecular weight is 439 g/mol. The summed E-state index contributed by atoms with van der Waals surface area (Å²) >= 11 is 0. The van der Waals surface area contributed by atoms with E-state index < -0.39 is 0 Å². The van der Waals surface area contributed by atoms with Crippen molar-refractivity contribution in [1.82, 2.24) is 19.8 Å². The summed E-state index contributed by atoms with van der Waals surface area (Å²) in [4.78, 5) is 7.73. The first kappa shape index (κ1) is 21.1. The van der Waals surface area contributed by atoms with E-state index in [-0.39, 0.29) is 5.82 Å². The summed E-state index contributed by atoms with van der Waals surface area (Å²) in [6, 6.07) is 5.67. The minimum absolute atomic E-state index is 0.182. The maximum atomic E-state index is 14.0. The lowest BCUT2D eigenvalue weighted by Crippen LogP contribution is -2.55. The van der Waals surface area contributed by atoms with E-state index in [1.165, 1.54) is 70.4 Å². The molecule has 0 spiro atoms. The van der Waals surface area contributed by atoms with Crippen molar-refractivity contribution >= 4 is 11.0 Å². The normalized spacial score (nSPS) is 33.3. The lowest BCUT2D eigenvalue weighted by atomic mass is 9.45. The maximum Gasteiger partial charge on any atom is 0.125 e. The van der Waals surface area contributed by atoms with Crippen molar-refractivity contribution in [2.24, 2.45) is 23.2 Å². The summed E-state index contributed by atoms with van der Waals surface area (Å²) in [6.45, 7) is 10.8. The number of piperidine rings is 2. The molecule has 3 heterocycles. The van der Waals surface area contributed by atoms with Gasteiger partial charge in [0.1, 0.15) is 11.6 Å². The molecule has 5 fully saturated rings. The fourth-order valence-electron chi connectivity index (χ4n) is 7.71. The van der Waals surface area contributed by atoms with Crippen molar-refractivity contribution in [3.05, 3.63) is 29.8 Å². The Morgan fingerprint density at radius 2 is 1.97 bits per heavy atom. The zero-order chi connectivity index (χ0) is 21.9. The number of hydrogen-bond acceptors (Lipinski definition) is 3. The van der Waals surface area contributed by atoms with E-state index >= 15 is 0 Å². The van der Waals surface area contributed by atoms with Crippen molar-refractivity contribution in [2.45, 2.75) is 70.8 Å². The molecule has 4 nitrogen and oxygen atoms in total. The van der Waals surface area contributed by atoms with Crippen LogP contribution in [0.25, 0.3) is 11.0 Å². The number of likely N-dealkylation sites (tertiary alicyclic amines) is 1. The molecule has 1 unspecified atom stereocenters. The molecule has 2 bridgehead atoms. The molecule has 5 aliphatic rings. The molecule has 0 radical (unpaired) electrons. The molecule has 1 aromatic carbocycles. The zero-order valence-corrected chi connectivity index (χ0v) is 19.8. The summed E-state index contributed by atoms with van der Waals surface area (Å²) in [6.07, 6.45) is 9.09. The Hall–Kier alpha value is -1.46. The summed E-state index contributed by atoms with van der Waals surface area (Å²) in [7, 11) is 0. The van der Waals surface area contributed by atoms with Crippen molar-refractivity contribution in [1.29, 1.82) is 0 Å². The fourth-order valence-corrected chi connectivity index (χ4v) is 7.71. The number of rotatable bonds is 4. The van der Waals surface area contributed by atoms with Gasteiger partial charge in [0.15, 0.2) is 0 Å². The van der Waals surface area contributed by atoms with Gasteiger partial charge in [0.05, 0.1) is 11.0 Å². The quantitative estimate of drug-likeness (QED) is 0.698. The Morgan fingerprint density at radius 1 is 1.12 bits per heavy atom. The smallest absolute Gasteiger partial charge is 0.125 e. The summed E-state index contributed by atoms with van der Waals surface area (Å²) in [5.41, 5.74) is 2.53. The van der Waals surface area contributed by atoms with E-state index in [0.29, 0.717) is 17.4 Å². The predicted molar refractivity (Wildman–Crippen MR) is 127 cm³/mol. The van der Waals surface area contributed by atoms with Crippen molar-refractivity contribution in [2.75, 3.05) is 32.7 Å². The van der Waals surface area contributed by atoms with Gasteiger partial charge in [-0.2, -0.15) is 0 Å². The number of hydrogen-bond donors (Lipinski definition) is 1. The van der Waals surface area contributed by atoms with E-state index in [1.807, 2.05) is 6.07 Å². The number of halogens is 1. The van der Waals surface area contributed by atoms with E-state index in [0.717, 1.165) is 41.9 Å². The largest absolute Gasteiger partial charge is 0.324 e. The van der Waals surface area contributed by atoms with Gasteiger partial charge < -0.3 is 14.8 Å². The second-order valence-electron chi connectivity index (χ2n) is 11.7. The maximum absolute atomic E-state index is 14.0. The third-order valence-electron chi connectivity index (χ3n) is 9.76. The number of benzene rings is 1. The number of fused-ring (bicyclic) bond motifs is 3. The molecular weight excluding hydrogens is 399 g/mol. The van der Waals surface area contributed by atoms with Gasteiger partial charge in [-0.15, -0.1) is 0 Å². The first-order chi connectivity index (χ1) is 15.5. The predicted octanol–water partition coefficient (Wildman–Crippen LogP) is 5.35. The third-order valence-corrected chi connectivity index (χ3v) is 9.76. The van der Waals surface area contributed by atoms with E-state index in [4.69, 9.17) is 4.98 Å². The van der Waals surface area contributed by atoms with Crippen LogP contribution >= 0.6 is 0 Å². The SMILES string of the molecule is CC1(C)[C@H]2CC[C@@H](CN3CCC(n4c(C5CCCNC5)nc5cc(F)ccc54)CC3)[C@@H]1C2. The van der Waals surface area contributed by atoms with Crippen LogP contribution in [0.4, 0.5) is 4.39 Å². The second kappa shape index (κ2) is 8.09. The topological polar surface area (TPSA) is 33.1 Å². The summed E-state index contributed by atoms with van der Waals surface area (Å²) in [5.74, 6) is 4.27. The van der Waals surface area contributed by atoms with Gasteiger partial charge in [-0.3, -0.25) is 0 Å². The van der Waals surface area contributed by atoms with Gasteiger partial charge in [-0.1, -0.05) is 13.8 Å². The van der Waals surface area contributed by atoms with E-state index in [9.17, 15) is 4.39 Å². The molecule has 5 heteroatoms. The molecule has 2 aromatic rings. The van der Waals surface area contributed by atoms with E-state index in [2.05, 4.69) is 28.6 Å². The van der Waals surface area contributed by atoms with Crippen LogP contribution in [0.2, 0.25) is 0 Å². The number of imidazole rings is 1. The van der Waals surface area contributed by atoms with Crippen LogP contribution in [0.5, 0.6) is 0 Å². The molecule has 1 N–H and O–H groups in total. The second-order valence-corrected chi connectivity index (χ2v) is 11.7. The molecule has 4 atom stereocenters. The van der Waals surface area contributed by atoms with Crippen LogP contribution in [0.1, 0.15) is 76.6 Å². The first-order valence-electron chi connectivity index (χ1n) is 13.1. The van der Waals surface area contributed by atoms with Crippen LogP contribution < -0.4 is 5.32 Å². The van der Waals surface area contributed by atoms with Gasteiger partial charge >= 0.3 is 0 Å². The van der Waals surface area contributed by atoms with Crippen LogP contribution in [-0.2, 0) is 0 Å². The Morgan fingerprint density at radius 3 is 2.69 bits per heavy atom. The molecule has 32 heavy (non-hydrogen) atoms. The van der Waals surface area contributed by atoms with Crippen molar-refractivity contribution < 1.29 is 4.39 Å². The number of aromatic nitrogens is 2. The molecule has 0 amide bonds. The fraction of sp³-hybridized carbons (Fsp3) is 0.741. The van der Waals surface area contributed by atoms with Gasteiger partial charge in [-0.25, -0.2) is 9.37 Å². The van der Waals surface area contributed by atoms with Gasteiger partial charge in [-0.05, 0) is 86.8 Å². The lowest BCUT2D eigenvalue weighted by molar-refractivity contribution is -0.112. The molecule has 3 aliphatic carbocycles. The number of nitrogens with one attached hydrogen (secondary N) is 1. The highest BCUT2D eigenvalue weighted by molar-refractivity contribution is 5.76. The molecule has 2 aliphatic heterocycles. The Balaban J connectivity index is 1.19. The Labute approximate surface area is 192 Å². The zero-order valence-electron chi connectivity index (χ0n) is 19.8. The highest BCUT2D eigenvalue weighted by Gasteiger charge is 2.54. The Kier molecular flexibility index (Phi) is 5.33. The minimum Gasteiger partial charge on any atom is -0.324 e. The first-order valence-corrected chi connectivity index (χ1v) is 13.1. The highest BCUT2D eigenvalue weighted by atomic mass is 19.1.